The number of halogens is 1. The predicted octanol–water partition coefficient (Wildman–Crippen LogP) is 2.99. The lowest BCUT2D eigenvalue weighted by atomic mass is 9.95. The normalized spacial score (nSPS) is 36.2. The highest BCUT2D eigenvalue weighted by atomic mass is 127. The zero-order valence-electron chi connectivity index (χ0n) is 10.8. The highest BCUT2D eigenvalue weighted by Crippen LogP contribution is 2.36. The van der Waals surface area contributed by atoms with Crippen molar-refractivity contribution in [2.75, 3.05) is 0 Å². The third kappa shape index (κ3) is 2.74. The molecule has 0 amide bonds. The van der Waals surface area contributed by atoms with Gasteiger partial charge in [-0.3, -0.25) is 9.13 Å². The maximum absolute atomic E-state index is 2.90. The van der Waals surface area contributed by atoms with E-state index in [2.05, 4.69) is 31.7 Å². The Morgan fingerprint density at radius 2 is 1.12 bits per heavy atom. The van der Waals surface area contributed by atoms with Crippen LogP contribution in [0.3, 0.4) is 0 Å². The van der Waals surface area contributed by atoms with Gasteiger partial charge in [0.1, 0.15) is 4.17 Å². The summed E-state index contributed by atoms with van der Waals surface area (Å²) in [6, 6.07) is 1.94. The molecule has 2 nitrogen and oxygen atoms in total. The Morgan fingerprint density at radius 3 is 1.47 bits per heavy atom. The zero-order chi connectivity index (χ0) is 11.7. The van der Waals surface area contributed by atoms with Gasteiger partial charge in [0.15, 0.2) is 9.84 Å². The van der Waals surface area contributed by atoms with E-state index in [0.29, 0.717) is 0 Å². The summed E-state index contributed by atoms with van der Waals surface area (Å²) in [7, 11) is -0.0451. The first-order valence-electron chi connectivity index (χ1n) is 7.52. The summed E-state index contributed by atoms with van der Waals surface area (Å²) in [4.78, 5) is 0. The largest absolute Gasteiger partial charge is 0.291 e. The molecule has 0 bridgehead atoms. The summed E-state index contributed by atoms with van der Waals surface area (Å²) in [5, 5.41) is 0. The third-order valence-electron chi connectivity index (χ3n) is 4.96. The monoisotopic (exact) mass is 364 g/mol. The summed E-state index contributed by atoms with van der Waals surface area (Å²) in [6.07, 6.45) is 14.9. The fraction of sp³-hybridized carbons (Fsp3) is 1.00. The molecule has 0 atom stereocenters. The van der Waals surface area contributed by atoms with Crippen LogP contribution in [0.1, 0.15) is 64.2 Å². The van der Waals surface area contributed by atoms with E-state index in [9.17, 15) is 0 Å². The molecule has 1 heterocycles. The average molecular weight is 364 g/mol. The van der Waals surface area contributed by atoms with Gasteiger partial charge in [-0.15, -0.1) is 0 Å². The molecule has 0 aromatic rings. The van der Waals surface area contributed by atoms with E-state index in [-0.39, 0.29) is 9.84 Å². The molecule has 2 saturated carbocycles. The standard InChI is InChI=1S/C13H25IN2Si/c14-13-15(11-7-3-1-4-8-11)17-16(13)12-9-5-2-6-10-12/h11-13H,1-10,17H2. The van der Waals surface area contributed by atoms with E-state index in [1.165, 1.54) is 64.2 Å². The molecule has 0 radical (unpaired) electrons. The van der Waals surface area contributed by atoms with Gasteiger partial charge in [-0.05, 0) is 48.3 Å². The Morgan fingerprint density at radius 1 is 0.706 bits per heavy atom. The lowest BCUT2D eigenvalue weighted by molar-refractivity contribution is 0.0726. The Balaban J connectivity index is 1.51. The molecule has 4 heteroatoms. The SMILES string of the molecule is IC1N(C2CCCCC2)[SiH2]N1C1CCCCC1. The first-order chi connectivity index (χ1) is 8.36. The minimum atomic E-state index is -0.0451. The van der Waals surface area contributed by atoms with E-state index in [1.54, 1.807) is 0 Å². The molecule has 1 aliphatic heterocycles. The van der Waals surface area contributed by atoms with E-state index in [1.807, 2.05) is 0 Å². The van der Waals surface area contributed by atoms with Gasteiger partial charge < -0.3 is 0 Å². The Labute approximate surface area is 122 Å². The smallest absolute Gasteiger partial charge is 0.177 e. The van der Waals surface area contributed by atoms with Crippen molar-refractivity contribution in [2.45, 2.75) is 80.5 Å². The molecule has 0 spiro atoms. The molecule has 17 heavy (non-hydrogen) atoms. The second-order valence-electron chi connectivity index (χ2n) is 6.06. The summed E-state index contributed by atoms with van der Waals surface area (Å²) in [5.74, 6) is 0. The third-order valence-corrected chi connectivity index (χ3v) is 10.3. The predicted molar refractivity (Wildman–Crippen MR) is 83.8 cm³/mol. The van der Waals surface area contributed by atoms with Crippen LogP contribution < -0.4 is 0 Å². The van der Waals surface area contributed by atoms with Crippen molar-refractivity contribution in [3.8, 4) is 0 Å². The molecule has 98 valence electrons. The van der Waals surface area contributed by atoms with Gasteiger partial charge in [0, 0.05) is 12.1 Å². The summed E-state index contributed by atoms with van der Waals surface area (Å²) >= 11 is 2.71. The topological polar surface area (TPSA) is 6.48 Å². The van der Waals surface area contributed by atoms with Gasteiger partial charge in [-0.1, -0.05) is 38.5 Å². The Hall–Kier alpha value is 0.867. The zero-order valence-corrected chi connectivity index (χ0v) is 14.4. The number of hydrogen-bond donors (Lipinski definition) is 0. The molecule has 0 unspecified atom stereocenters. The van der Waals surface area contributed by atoms with E-state index >= 15 is 0 Å². The second-order valence-corrected chi connectivity index (χ2v) is 8.92. The first kappa shape index (κ1) is 12.9. The first-order valence-corrected chi connectivity index (χ1v) is 10.0. The van der Waals surface area contributed by atoms with Crippen LogP contribution in [0.2, 0.25) is 0 Å². The van der Waals surface area contributed by atoms with Crippen LogP contribution in [0, 0.1) is 0 Å². The molecular weight excluding hydrogens is 339 g/mol. The summed E-state index contributed by atoms with van der Waals surface area (Å²) in [6.45, 7) is 0. The van der Waals surface area contributed by atoms with Crippen LogP contribution in [0.4, 0.5) is 0 Å². The van der Waals surface area contributed by atoms with Gasteiger partial charge in [-0.25, -0.2) is 0 Å². The number of nitrogens with zero attached hydrogens (tertiary/aromatic N) is 2. The lowest BCUT2D eigenvalue weighted by Crippen LogP contribution is -2.69. The van der Waals surface area contributed by atoms with E-state index < -0.39 is 0 Å². The van der Waals surface area contributed by atoms with Crippen molar-refractivity contribution in [1.82, 2.24) is 9.13 Å². The van der Waals surface area contributed by atoms with Crippen molar-refractivity contribution in [3.63, 3.8) is 0 Å². The van der Waals surface area contributed by atoms with Crippen LogP contribution in [0.25, 0.3) is 0 Å². The van der Waals surface area contributed by atoms with E-state index in [0.717, 1.165) is 16.3 Å². The molecule has 0 aromatic heterocycles. The molecule has 2 aliphatic carbocycles. The minimum absolute atomic E-state index is 0.0451. The van der Waals surface area contributed by atoms with Crippen LogP contribution in [-0.2, 0) is 0 Å². The highest BCUT2D eigenvalue weighted by molar-refractivity contribution is 14.1. The minimum Gasteiger partial charge on any atom is -0.291 e. The van der Waals surface area contributed by atoms with Gasteiger partial charge in [0.25, 0.3) is 0 Å². The summed E-state index contributed by atoms with van der Waals surface area (Å²) in [5.41, 5.74) is 0. The van der Waals surface area contributed by atoms with Crippen molar-refractivity contribution in [1.29, 1.82) is 0 Å². The van der Waals surface area contributed by atoms with Crippen LogP contribution in [0.5, 0.6) is 0 Å². The van der Waals surface area contributed by atoms with Crippen molar-refractivity contribution in [3.05, 3.63) is 0 Å². The van der Waals surface area contributed by atoms with Crippen LogP contribution in [-0.4, -0.2) is 35.2 Å². The lowest BCUT2D eigenvalue weighted by Gasteiger charge is -2.56. The van der Waals surface area contributed by atoms with Crippen molar-refractivity contribution < 1.29 is 0 Å². The van der Waals surface area contributed by atoms with E-state index in [4.69, 9.17) is 0 Å². The molecule has 0 N–H and O–H groups in total. The van der Waals surface area contributed by atoms with Gasteiger partial charge in [0.05, 0.1) is 0 Å². The van der Waals surface area contributed by atoms with Gasteiger partial charge in [0.2, 0.25) is 0 Å². The number of rotatable bonds is 2. The maximum Gasteiger partial charge on any atom is 0.177 e. The van der Waals surface area contributed by atoms with Crippen LogP contribution in [0.15, 0.2) is 0 Å². The van der Waals surface area contributed by atoms with Gasteiger partial charge >= 0.3 is 0 Å². The highest BCUT2D eigenvalue weighted by Gasteiger charge is 2.42. The number of alkyl halides is 1. The fourth-order valence-electron chi connectivity index (χ4n) is 3.82. The fourth-order valence-corrected chi connectivity index (χ4v) is 7.74. The second kappa shape index (κ2) is 5.88. The Kier molecular flexibility index (Phi) is 4.46. The van der Waals surface area contributed by atoms with Crippen molar-refractivity contribution in [2.24, 2.45) is 0 Å². The molecular formula is C13H25IN2Si. The molecule has 0 aromatic carbocycles. The quantitative estimate of drug-likeness (QED) is 0.322. The summed E-state index contributed by atoms with van der Waals surface area (Å²) < 4.78 is 6.56. The average Bonchev–Trinajstić information content (AvgIpc) is 2.40. The Bertz CT molecular complexity index is 228. The maximum atomic E-state index is 2.90. The number of hydrogen-bond acceptors (Lipinski definition) is 2. The molecule has 3 rings (SSSR count). The molecule has 3 aliphatic rings. The van der Waals surface area contributed by atoms with Gasteiger partial charge in [-0.2, -0.15) is 0 Å². The van der Waals surface area contributed by atoms with Crippen molar-refractivity contribution >= 4 is 32.4 Å². The van der Waals surface area contributed by atoms with Crippen LogP contribution >= 0.6 is 22.6 Å². The molecule has 1 saturated heterocycles. The molecule has 3 fully saturated rings.